The highest BCUT2D eigenvalue weighted by Crippen LogP contribution is 2.26. The van der Waals surface area contributed by atoms with Crippen LogP contribution in [0.2, 0.25) is 0 Å². The summed E-state index contributed by atoms with van der Waals surface area (Å²) in [7, 11) is 0. The van der Waals surface area contributed by atoms with Crippen molar-refractivity contribution in [2.24, 2.45) is 0 Å². The summed E-state index contributed by atoms with van der Waals surface area (Å²) in [5.74, 6) is -2.16. The van der Waals surface area contributed by atoms with Crippen LogP contribution in [0.5, 0.6) is 5.75 Å². The topological polar surface area (TPSA) is 59.3 Å². The molecule has 1 aromatic rings. The molecule has 1 aromatic carbocycles. The molecule has 19 heavy (non-hydrogen) atoms. The lowest BCUT2D eigenvalue weighted by molar-refractivity contribution is -0.142. The highest BCUT2D eigenvalue weighted by Gasteiger charge is 2.19. The number of ether oxygens (including phenoxy) is 2. The number of rotatable bonds is 5. The van der Waals surface area contributed by atoms with E-state index in [-0.39, 0.29) is 17.7 Å². The van der Waals surface area contributed by atoms with Gasteiger partial charge >= 0.3 is 12.6 Å². The van der Waals surface area contributed by atoms with Crippen molar-refractivity contribution in [2.45, 2.75) is 20.0 Å². The minimum absolute atomic E-state index is 0.104. The largest absolute Gasteiger partial charge is 0.466 e. The molecule has 0 aliphatic heterocycles. The number of hydrogen-bond acceptors (Lipinski definition) is 4. The van der Waals surface area contributed by atoms with Gasteiger partial charge in [-0.25, -0.2) is 4.39 Å². The first-order chi connectivity index (χ1) is 8.97. The van der Waals surface area contributed by atoms with E-state index >= 15 is 0 Å². The highest BCUT2D eigenvalue weighted by atomic mass is 19.3. The average Bonchev–Trinajstić information content (AvgIpc) is 2.31. The normalized spacial score (nSPS) is 10.1. The molecule has 102 valence electrons. The van der Waals surface area contributed by atoms with Crippen LogP contribution in [0.25, 0.3) is 0 Å². The second-order valence-corrected chi connectivity index (χ2v) is 3.40. The SMILES string of the molecule is CCOC(=O)Cc1c(C#N)cc(F)cc1OC(F)F. The summed E-state index contributed by atoms with van der Waals surface area (Å²) in [6.45, 7) is -1.51. The van der Waals surface area contributed by atoms with Crippen molar-refractivity contribution in [1.29, 1.82) is 5.26 Å². The number of benzene rings is 1. The Balaban J connectivity index is 3.17. The van der Waals surface area contributed by atoms with Gasteiger partial charge in [0.15, 0.2) is 0 Å². The van der Waals surface area contributed by atoms with Gasteiger partial charge in [-0.2, -0.15) is 14.0 Å². The zero-order valence-corrected chi connectivity index (χ0v) is 9.95. The zero-order valence-electron chi connectivity index (χ0n) is 9.95. The van der Waals surface area contributed by atoms with Crippen molar-refractivity contribution in [1.82, 2.24) is 0 Å². The lowest BCUT2D eigenvalue weighted by atomic mass is 10.0. The zero-order chi connectivity index (χ0) is 14.4. The summed E-state index contributed by atoms with van der Waals surface area (Å²) < 4.78 is 46.3. The van der Waals surface area contributed by atoms with Gasteiger partial charge in [0.1, 0.15) is 11.6 Å². The van der Waals surface area contributed by atoms with E-state index in [1.807, 2.05) is 0 Å². The molecule has 1 rings (SSSR count). The molecular weight excluding hydrogens is 263 g/mol. The molecule has 0 aliphatic rings. The van der Waals surface area contributed by atoms with Crippen LogP contribution >= 0.6 is 0 Å². The third-order valence-corrected chi connectivity index (χ3v) is 2.14. The first-order valence-electron chi connectivity index (χ1n) is 5.30. The van der Waals surface area contributed by atoms with Gasteiger partial charge in [0.25, 0.3) is 0 Å². The lowest BCUT2D eigenvalue weighted by Crippen LogP contribution is -2.12. The number of carbonyl (C=O) groups excluding carboxylic acids is 1. The third kappa shape index (κ3) is 4.17. The second kappa shape index (κ2) is 6.64. The molecule has 7 heteroatoms. The van der Waals surface area contributed by atoms with Gasteiger partial charge in [-0.1, -0.05) is 0 Å². The molecule has 0 amide bonds. The van der Waals surface area contributed by atoms with Crippen LogP contribution in [0.1, 0.15) is 18.1 Å². The Labute approximate surface area is 107 Å². The third-order valence-electron chi connectivity index (χ3n) is 2.14. The molecule has 0 radical (unpaired) electrons. The number of esters is 1. The van der Waals surface area contributed by atoms with E-state index in [4.69, 9.17) is 5.26 Å². The Morgan fingerprint density at radius 3 is 2.68 bits per heavy atom. The van der Waals surface area contributed by atoms with Gasteiger partial charge in [0.05, 0.1) is 24.7 Å². The maximum Gasteiger partial charge on any atom is 0.387 e. The summed E-state index contributed by atoms with van der Waals surface area (Å²) in [6.07, 6.45) is -0.445. The summed E-state index contributed by atoms with van der Waals surface area (Å²) in [5, 5.41) is 8.83. The predicted molar refractivity (Wildman–Crippen MR) is 58.1 cm³/mol. The number of halogens is 3. The first kappa shape index (κ1) is 14.8. The Kier molecular flexibility index (Phi) is 5.18. The maximum absolute atomic E-state index is 13.1. The quantitative estimate of drug-likeness (QED) is 0.773. The van der Waals surface area contributed by atoms with E-state index in [1.165, 1.54) is 0 Å². The van der Waals surface area contributed by atoms with Crippen molar-refractivity contribution in [2.75, 3.05) is 6.61 Å². The molecule has 0 bridgehead atoms. The van der Waals surface area contributed by atoms with E-state index in [2.05, 4.69) is 9.47 Å². The number of alkyl halides is 2. The van der Waals surface area contributed by atoms with Crippen LogP contribution in [-0.2, 0) is 16.0 Å². The van der Waals surface area contributed by atoms with Crippen LogP contribution in [0.3, 0.4) is 0 Å². The summed E-state index contributed by atoms with van der Waals surface area (Å²) in [5.41, 5.74) is -0.369. The van der Waals surface area contributed by atoms with Crippen LogP contribution < -0.4 is 4.74 Å². The molecule has 0 heterocycles. The molecule has 0 spiro atoms. The number of nitrogens with zero attached hydrogens (tertiary/aromatic N) is 1. The van der Waals surface area contributed by atoms with Crippen molar-refractivity contribution < 1.29 is 27.4 Å². The Hall–Kier alpha value is -2.23. The summed E-state index contributed by atoms with van der Waals surface area (Å²) in [6, 6.07) is 3.16. The van der Waals surface area contributed by atoms with Gasteiger partial charge in [-0.3, -0.25) is 4.79 Å². The Bertz CT molecular complexity index is 512. The first-order valence-corrected chi connectivity index (χ1v) is 5.30. The molecule has 0 atom stereocenters. The van der Waals surface area contributed by atoms with E-state index in [0.29, 0.717) is 6.07 Å². The van der Waals surface area contributed by atoms with Crippen LogP contribution in [0.4, 0.5) is 13.2 Å². The van der Waals surface area contributed by atoms with Gasteiger partial charge in [0, 0.05) is 11.6 Å². The molecule has 0 saturated carbocycles. The predicted octanol–water partition coefficient (Wildman–Crippen LogP) is 2.40. The van der Waals surface area contributed by atoms with E-state index in [1.54, 1.807) is 13.0 Å². The number of nitriles is 1. The summed E-state index contributed by atoms with van der Waals surface area (Å²) >= 11 is 0. The van der Waals surface area contributed by atoms with E-state index < -0.39 is 30.6 Å². The van der Waals surface area contributed by atoms with Crippen molar-refractivity contribution in [3.05, 3.63) is 29.1 Å². The Morgan fingerprint density at radius 1 is 1.47 bits per heavy atom. The fourth-order valence-electron chi connectivity index (χ4n) is 1.45. The standard InChI is InChI=1S/C12H10F3NO3/c1-2-18-11(17)5-9-7(6-16)3-8(13)4-10(9)19-12(14)15/h3-4,12H,2,5H2,1H3. The van der Waals surface area contributed by atoms with Gasteiger partial charge in [-0.05, 0) is 13.0 Å². The molecule has 4 nitrogen and oxygen atoms in total. The van der Waals surface area contributed by atoms with Crippen molar-refractivity contribution in [3.63, 3.8) is 0 Å². The second-order valence-electron chi connectivity index (χ2n) is 3.40. The summed E-state index contributed by atoms with van der Waals surface area (Å²) in [4.78, 5) is 11.3. The minimum Gasteiger partial charge on any atom is -0.466 e. The molecule has 0 aromatic heterocycles. The lowest BCUT2D eigenvalue weighted by Gasteiger charge is -2.12. The van der Waals surface area contributed by atoms with Crippen LogP contribution in [0, 0.1) is 17.1 Å². The number of hydrogen-bond donors (Lipinski definition) is 0. The fourth-order valence-corrected chi connectivity index (χ4v) is 1.45. The smallest absolute Gasteiger partial charge is 0.387 e. The van der Waals surface area contributed by atoms with E-state index in [9.17, 15) is 18.0 Å². The van der Waals surface area contributed by atoms with Crippen molar-refractivity contribution in [3.8, 4) is 11.8 Å². The van der Waals surface area contributed by atoms with Crippen LogP contribution in [-0.4, -0.2) is 19.2 Å². The minimum atomic E-state index is -3.19. The Morgan fingerprint density at radius 2 is 2.16 bits per heavy atom. The average molecular weight is 273 g/mol. The molecule has 0 N–H and O–H groups in total. The molecule has 0 aliphatic carbocycles. The molecule has 0 fully saturated rings. The van der Waals surface area contributed by atoms with Crippen LogP contribution in [0.15, 0.2) is 12.1 Å². The van der Waals surface area contributed by atoms with Gasteiger partial charge in [-0.15, -0.1) is 0 Å². The fraction of sp³-hybridized carbons (Fsp3) is 0.333. The molecule has 0 unspecified atom stereocenters. The maximum atomic E-state index is 13.1. The molecule has 0 saturated heterocycles. The molecular formula is C12H10F3NO3. The van der Waals surface area contributed by atoms with E-state index in [0.717, 1.165) is 6.07 Å². The highest BCUT2D eigenvalue weighted by molar-refractivity contribution is 5.75. The number of carbonyl (C=O) groups is 1. The van der Waals surface area contributed by atoms with Crippen molar-refractivity contribution >= 4 is 5.97 Å². The van der Waals surface area contributed by atoms with Gasteiger partial charge < -0.3 is 9.47 Å². The van der Waals surface area contributed by atoms with Gasteiger partial charge in [0.2, 0.25) is 0 Å². The monoisotopic (exact) mass is 273 g/mol.